The van der Waals surface area contributed by atoms with E-state index in [0.29, 0.717) is 19.5 Å². The Kier molecular flexibility index (Phi) is 4.34. The zero-order chi connectivity index (χ0) is 15.2. The van der Waals surface area contributed by atoms with E-state index >= 15 is 0 Å². The van der Waals surface area contributed by atoms with E-state index in [4.69, 9.17) is 23.2 Å². The van der Waals surface area contributed by atoms with Gasteiger partial charge >= 0.3 is 0 Å². The van der Waals surface area contributed by atoms with Crippen molar-refractivity contribution in [1.29, 1.82) is 0 Å². The summed E-state index contributed by atoms with van der Waals surface area (Å²) in [6.07, 6.45) is 1.45. The fraction of sp³-hybridized carbons (Fsp3) is 0.929. The number of carbonyl (C=O) groups excluding carboxylic acids is 1. The maximum atomic E-state index is 12.5. The van der Waals surface area contributed by atoms with Gasteiger partial charge in [0.1, 0.15) is 4.33 Å². The van der Waals surface area contributed by atoms with E-state index in [1.54, 1.807) is 13.8 Å². The average molecular weight is 323 g/mol. The van der Waals surface area contributed by atoms with Crippen LogP contribution in [0.4, 0.5) is 0 Å². The molecule has 1 N–H and O–H groups in total. The van der Waals surface area contributed by atoms with Crippen LogP contribution in [0, 0.1) is 5.41 Å². The van der Waals surface area contributed by atoms with Gasteiger partial charge in [0.15, 0.2) is 0 Å². The van der Waals surface area contributed by atoms with Gasteiger partial charge in [-0.1, -0.05) is 0 Å². The summed E-state index contributed by atoms with van der Waals surface area (Å²) >= 11 is 12.2. The monoisotopic (exact) mass is 322 g/mol. The molecule has 4 nitrogen and oxygen atoms in total. The van der Waals surface area contributed by atoms with E-state index < -0.39 is 15.3 Å². The maximum Gasteiger partial charge on any atom is 0.231 e. The molecule has 0 spiro atoms. The molecule has 1 saturated heterocycles. The van der Waals surface area contributed by atoms with Gasteiger partial charge in [0.05, 0.1) is 11.0 Å². The Balaban J connectivity index is 1.92. The SMILES string of the molecule is CC(C)(O)CN1CCCN(C(=O)[C@@]2(C)CC2(Cl)Cl)CC1. The summed E-state index contributed by atoms with van der Waals surface area (Å²) < 4.78 is -0.900. The number of β-amino-alcohol motifs (C(OH)–C–C–N with tert-alkyl or cyclic N) is 1. The second kappa shape index (κ2) is 5.31. The van der Waals surface area contributed by atoms with Crippen molar-refractivity contribution in [2.24, 2.45) is 5.41 Å². The molecule has 2 rings (SSSR count). The summed E-state index contributed by atoms with van der Waals surface area (Å²) in [6.45, 7) is 9.18. The van der Waals surface area contributed by atoms with Crippen LogP contribution in [-0.4, -0.2) is 63.5 Å². The minimum atomic E-state index is -0.900. The number of alkyl halides is 2. The van der Waals surface area contributed by atoms with Crippen LogP contribution < -0.4 is 0 Å². The number of aliphatic hydroxyl groups is 1. The Morgan fingerprint density at radius 3 is 2.35 bits per heavy atom. The second-order valence-corrected chi connectivity index (χ2v) is 8.43. The molecule has 1 saturated carbocycles. The summed E-state index contributed by atoms with van der Waals surface area (Å²) in [5, 5.41) is 9.89. The number of amides is 1. The van der Waals surface area contributed by atoms with Crippen molar-refractivity contribution in [3.63, 3.8) is 0 Å². The van der Waals surface area contributed by atoms with Crippen molar-refractivity contribution in [2.75, 3.05) is 32.7 Å². The van der Waals surface area contributed by atoms with Crippen LogP contribution in [0.5, 0.6) is 0 Å². The van der Waals surface area contributed by atoms with Gasteiger partial charge in [-0.25, -0.2) is 0 Å². The van der Waals surface area contributed by atoms with Crippen LogP contribution in [0.25, 0.3) is 0 Å². The Labute approximate surface area is 131 Å². The largest absolute Gasteiger partial charge is 0.389 e. The highest BCUT2D eigenvalue weighted by molar-refractivity contribution is 6.53. The van der Waals surface area contributed by atoms with Gasteiger partial charge in [0, 0.05) is 32.7 Å². The fourth-order valence-corrected chi connectivity index (χ4v) is 3.56. The molecule has 1 aliphatic carbocycles. The lowest BCUT2D eigenvalue weighted by Crippen LogP contribution is -2.43. The summed E-state index contributed by atoms with van der Waals surface area (Å²) in [7, 11) is 0. The van der Waals surface area contributed by atoms with Crippen LogP contribution in [-0.2, 0) is 4.79 Å². The topological polar surface area (TPSA) is 43.8 Å². The number of hydrogen-bond donors (Lipinski definition) is 1. The summed E-state index contributed by atoms with van der Waals surface area (Å²) in [5.41, 5.74) is -1.33. The minimum absolute atomic E-state index is 0.0626. The molecule has 1 atom stereocenters. The first-order valence-corrected chi connectivity index (χ1v) is 7.93. The molecule has 0 radical (unpaired) electrons. The van der Waals surface area contributed by atoms with Gasteiger partial charge in [-0.05, 0) is 33.6 Å². The number of rotatable bonds is 3. The molecule has 20 heavy (non-hydrogen) atoms. The Bertz CT molecular complexity index is 395. The van der Waals surface area contributed by atoms with E-state index in [1.807, 2.05) is 11.8 Å². The van der Waals surface area contributed by atoms with Crippen LogP contribution in [0.3, 0.4) is 0 Å². The van der Waals surface area contributed by atoms with Crippen molar-refractivity contribution < 1.29 is 9.90 Å². The number of carbonyl (C=O) groups is 1. The summed E-state index contributed by atoms with van der Waals surface area (Å²) in [6, 6.07) is 0. The molecular formula is C14H24Cl2N2O2. The predicted molar refractivity (Wildman–Crippen MR) is 81.1 cm³/mol. The minimum Gasteiger partial charge on any atom is -0.389 e. The lowest BCUT2D eigenvalue weighted by molar-refractivity contribution is -0.136. The Morgan fingerprint density at radius 1 is 1.25 bits per heavy atom. The molecule has 6 heteroatoms. The third kappa shape index (κ3) is 3.41. The first-order valence-electron chi connectivity index (χ1n) is 7.17. The zero-order valence-electron chi connectivity index (χ0n) is 12.5. The first-order chi connectivity index (χ1) is 9.05. The quantitative estimate of drug-likeness (QED) is 0.807. The molecular weight excluding hydrogens is 299 g/mol. The van der Waals surface area contributed by atoms with Crippen molar-refractivity contribution >= 4 is 29.1 Å². The van der Waals surface area contributed by atoms with Gasteiger partial charge in [0.2, 0.25) is 5.91 Å². The van der Waals surface area contributed by atoms with Crippen molar-refractivity contribution in [3.8, 4) is 0 Å². The molecule has 0 unspecified atom stereocenters. The van der Waals surface area contributed by atoms with E-state index in [0.717, 1.165) is 26.1 Å². The highest BCUT2D eigenvalue weighted by Gasteiger charge is 2.68. The third-order valence-corrected chi connectivity index (χ3v) is 5.32. The molecule has 1 heterocycles. The molecule has 0 aromatic carbocycles. The summed E-state index contributed by atoms with van der Waals surface area (Å²) in [5.74, 6) is 0.0626. The molecule has 0 aromatic heterocycles. The second-order valence-electron chi connectivity index (χ2n) is 6.95. The molecule has 0 bridgehead atoms. The smallest absolute Gasteiger partial charge is 0.231 e. The van der Waals surface area contributed by atoms with Crippen LogP contribution in [0.1, 0.15) is 33.6 Å². The average Bonchev–Trinajstić information content (AvgIpc) is 2.88. The van der Waals surface area contributed by atoms with E-state index in [2.05, 4.69) is 4.90 Å². The Hall–Kier alpha value is -0.0300. The normalized spacial score (nSPS) is 31.0. The molecule has 116 valence electrons. The highest BCUT2D eigenvalue weighted by Crippen LogP contribution is 2.64. The predicted octanol–water partition coefficient (Wildman–Crippen LogP) is 1.88. The van der Waals surface area contributed by atoms with E-state index in [-0.39, 0.29) is 5.91 Å². The first kappa shape index (κ1) is 16.3. The van der Waals surface area contributed by atoms with E-state index in [9.17, 15) is 9.90 Å². The molecule has 0 aromatic rings. The molecule has 1 amide bonds. The highest BCUT2D eigenvalue weighted by atomic mass is 35.5. The van der Waals surface area contributed by atoms with Gasteiger partial charge in [-0.15, -0.1) is 23.2 Å². The van der Waals surface area contributed by atoms with Gasteiger partial charge in [0.25, 0.3) is 0 Å². The molecule has 2 aliphatic rings. The zero-order valence-corrected chi connectivity index (χ0v) is 14.0. The molecule has 1 aliphatic heterocycles. The number of halogens is 2. The van der Waals surface area contributed by atoms with Gasteiger partial charge in [-0.2, -0.15) is 0 Å². The molecule has 2 fully saturated rings. The fourth-order valence-electron chi connectivity index (χ4n) is 2.86. The van der Waals surface area contributed by atoms with Crippen molar-refractivity contribution in [3.05, 3.63) is 0 Å². The number of hydrogen-bond acceptors (Lipinski definition) is 3. The van der Waals surface area contributed by atoms with Gasteiger partial charge < -0.3 is 10.0 Å². The Morgan fingerprint density at radius 2 is 1.85 bits per heavy atom. The van der Waals surface area contributed by atoms with Crippen LogP contribution >= 0.6 is 23.2 Å². The lowest BCUT2D eigenvalue weighted by atomic mass is 10.1. The van der Waals surface area contributed by atoms with Crippen molar-refractivity contribution in [1.82, 2.24) is 9.80 Å². The van der Waals surface area contributed by atoms with Gasteiger partial charge in [-0.3, -0.25) is 9.69 Å². The standard InChI is InChI=1S/C14H24Cl2N2O2/c1-12(2,20)10-17-5-4-6-18(8-7-17)11(19)13(3)9-14(13,15)16/h20H,4-10H2,1-3H3/t13-/m1/s1. The third-order valence-electron chi connectivity index (χ3n) is 4.22. The maximum absolute atomic E-state index is 12.5. The summed E-state index contributed by atoms with van der Waals surface area (Å²) in [4.78, 5) is 16.6. The lowest BCUT2D eigenvalue weighted by Gasteiger charge is -2.28. The van der Waals surface area contributed by atoms with Crippen molar-refractivity contribution in [2.45, 2.75) is 43.5 Å². The van der Waals surface area contributed by atoms with Crippen LogP contribution in [0.15, 0.2) is 0 Å². The number of nitrogens with zero attached hydrogens (tertiary/aromatic N) is 2. The van der Waals surface area contributed by atoms with E-state index in [1.165, 1.54) is 0 Å². The van der Waals surface area contributed by atoms with Crippen LogP contribution in [0.2, 0.25) is 0 Å².